The van der Waals surface area contributed by atoms with E-state index in [2.05, 4.69) is 5.32 Å². The lowest BCUT2D eigenvalue weighted by Gasteiger charge is -2.28. The minimum atomic E-state index is -0.749. The van der Waals surface area contributed by atoms with E-state index in [1.165, 1.54) is 7.11 Å². The fourth-order valence-corrected chi connectivity index (χ4v) is 2.43. The van der Waals surface area contributed by atoms with Crippen LogP contribution in [0.15, 0.2) is 24.3 Å². The number of nitrogens with one attached hydrogen (secondary N) is 1. The number of carbonyl (C=O) groups is 1. The van der Waals surface area contributed by atoms with Crippen molar-refractivity contribution in [3.05, 3.63) is 29.8 Å². The molecule has 0 amide bonds. The number of hydrogen-bond donors (Lipinski definition) is 1. The first-order chi connectivity index (χ1) is 8.24. The van der Waals surface area contributed by atoms with Gasteiger partial charge in [0.1, 0.15) is 11.3 Å². The third-order valence-corrected chi connectivity index (χ3v) is 3.26. The van der Waals surface area contributed by atoms with E-state index in [1.54, 1.807) is 7.11 Å². The van der Waals surface area contributed by atoms with Crippen LogP contribution in [0.4, 0.5) is 0 Å². The smallest absolute Gasteiger partial charge is 0.330 e. The Hall–Kier alpha value is -1.55. The van der Waals surface area contributed by atoms with Gasteiger partial charge in [-0.1, -0.05) is 18.2 Å². The molecule has 1 saturated heterocycles. The second-order valence-corrected chi connectivity index (χ2v) is 4.13. The summed E-state index contributed by atoms with van der Waals surface area (Å²) in [7, 11) is 3.03. The Kier molecular flexibility index (Phi) is 3.33. The highest BCUT2D eigenvalue weighted by molar-refractivity contribution is 5.84. The summed E-state index contributed by atoms with van der Waals surface area (Å²) in [4.78, 5) is 12.1. The number of rotatable bonds is 3. The quantitative estimate of drug-likeness (QED) is 0.805. The minimum Gasteiger partial charge on any atom is -0.496 e. The molecule has 17 heavy (non-hydrogen) atoms. The summed E-state index contributed by atoms with van der Waals surface area (Å²) in [6.45, 7) is 0.813. The molecule has 92 valence electrons. The molecule has 4 heteroatoms. The first-order valence-corrected chi connectivity index (χ1v) is 5.71. The highest BCUT2D eigenvalue weighted by atomic mass is 16.5. The van der Waals surface area contributed by atoms with E-state index in [0.29, 0.717) is 5.75 Å². The Morgan fingerprint density at radius 2 is 2.12 bits per heavy atom. The molecule has 0 aromatic heterocycles. The van der Waals surface area contributed by atoms with Gasteiger partial charge < -0.3 is 9.47 Å². The maximum Gasteiger partial charge on any atom is 0.330 e. The van der Waals surface area contributed by atoms with Crippen LogP contribution in [0.25, 0.3) is 0 Å². The lowest BCUT2D eigenvalue weighted by atomic mass is 9.87. The van der Waals surface area contributed by atoms with Gasteiger partial charge >= 0.3 is 5.97 Å². The molecule has 1 aliphatic rings. The Balaban J connectivity index is 2.49. The number of methoxy groups -OCH3 is 2. The molecular weight excluding hydrogens is 218 g/mol. The Bertz CT molecular complexity index is 411. The standard InChI is InChI=1S/C13H17NO3/c1-16-11-7-4-3-6-10(11)13(12(15)17-2)8-5-9-14-13/h3-4,6-7,14H,5,8-9H2,1-2H3. The zero-order valence-electron chi connectivity index (χ0n) is 10.2. The van der Waals surface area contributed by atoms with Crippen LogP contribution in [0.3, 0.4) is 0 Å². The first-order valence-electron chi connectivity index (χ1n) is 5.71. The van der Waals surface area contributed by atoms with E-state index in [4.69, 9.17) is 9.47 Å². The van der Waals surface area contributed by atoms with Gasteiger partial charge in [0, 0.05) is 5.56 Å². The Morgan fingerprint density at radius 3 is 2.71 bits per heavy atom. The number of ether oxygens (including phenoxy) is 2. The average Bonchev–Trinajstić information content (AvgIpc) is 2.88. The summed E-state index contributed by atoms with van der Waals surface area (Å²) >= 11 is 0. The normalized spacial score (nSPS) is 23.4. The Morgan fingerprint density at radius 1 is 1.35 bits per heavy atom. The van der Waals surface area contributed by atoms with Crippen LogP contribution >= 0.6 is 0 Å². The van der Waals surface area contributed by atoms with Crippen LogP contribution in [0.2, 0.25) is 0 Å². The second kappa shape index (κ2) is 4.75. The van der Waals surface area contributed by atoms with Gasteiger partial charge in [-0.25, -0.2) is 4.79 Å². The molecule has 1 aromatic carbocycles. The molecular formula is C13H17NO3. The van der Waals surface area contributed by atoms with E-state index >= 15 is 0 Å². The molecule has 0 bridgehead atoms. The van der Waals surface area contributed by atoms with Crippen molar-refractivity contribution in [1.29, 1.82) is 0 Å². The van der Waals surface area contributed by atoms with Gasteiger partial charge in [0.05, 0.1) is 14.2 Å². The van der Waals surface area contributed by atoms with Crippen molar-refractivity contribution in [2.24, 2.45) is 0 Å². The summed E-state index contributed by atoms with van der Waals surface area (Å²) in [5.41, 5.74) is 0.105. The van der Waals surface area contributed by atoms with Crippen molar-refractivity contribution >= 4 is 5.97 Å². The van der Waals surface area contributed by atoms with Gasteiger partial charge in [-0.2, -0.15) is 0 Å². The average molecular weight is 235 g/mol. The van der Waals surface area contributed by atoms with Crippen LogP contribution < -0.4 is 10.1 Å². The fraction of sp³-hybridized carbons (Fsp3) is 0.462. The van der Waals surface area contributed by atoms with Crippen molar-refractivity contribution in [2.45, 2.75) is 18.4 Å². The number of hydrogen-bond acceptors (Lipinski definition) is 4. The van der Waals surface area contributed by atoms with Crippen LogP contribution in [-0.4, -0.2) is 26.7 Å². The number of para-hydroxylation sites is 1. The molecule has 0 aliphatic carbocycles. The van der Waals surface area contributed by atoms with Gasteiger partial charge in [-0.3, -0.25) is 5.32 Å². The number of benzene rings is 1. The first kappa shape index (κ1) is 11.9. The maximum absolute atomic E-state index is 12.1. The van der Waals surface area contributed by atoms with Crippen LogP contribution in [0.1, 0.15) is 18.4 Å². The van der Waals surface area contributed by atoms with Gasteiger partial charge in [0.15, 0.2) is 0 Å². The Labute approximate surface area is 101 Å². The van der Waals surface area contributed by atoms with E-state index in [9.17, 15) is 4.79 Å². The summed E-state index contributed by atoms with van der Waals surface area (Å²) < 4.78 is 10.3. The predicted octanol–water partition coefficient (Wildman–Crippen LogP) is 1.45. The van der Waals surface area contributed by atoms with Gasteiger partial charge in [-0.15, -0.1) is 0 Å². The molecule has 2 rings (SSSR count). The van der Waals surface area contributed by atoms with Gasteiger partial charge in [0.2, 0.25) is 0 Å². The molecule has 1 heterocycles. The molecule has 0 radical (unpaired) electrons. The highest BCUT2D eigenvalue weighted by Gasteiger charge is 2.45. The summed E-state index contributed by atoms with van der Waals surface area (Å²) in [6.07, 6.45) is 1.69. The van der Waals surface area contributed by atoms with Crippen molar-refractivity contribution in [1.82, 2.24) is 5.32 Å². The molecule has 0 saturated carbocycles. The van der Waals surface area contributed by atoms with E-state index in [1.807, 2.05) is 24.3 Å². The molecule has 1 unspecified atom stereocenters. The zero-order chi connectivity index (χ0) is 12.3. The summed E-state index contributed by atoms with van der Waals surface area (Å²) in [5, 5.41) is 3.26. The third-order valence-electron chi connectivity index (χ3n) is 3.26. The van der Waals surface area contributed by atoms with E-state index in [-0.39, 0.29) is 5.97 Å². The predicted molar refractivity (Wildman–Crippen MR) is 63.9 cm³/mol. The van der Waals surface area contributed by atoms with Crippen molar-refractivity contribution < 1.29 is 14.3 Å². The molecule has 1 atom stereocenters. The molecule has 4 nitrogen and oxygen atoms in total. The van der Waals surface area contributed by atoms with Gasteiger partial charge in [-0.05, 0) is 25.5 Å². The molecule has 1 fully saturated rings. The molecule has 0 spiro atoms. The maximum atomic E-state index is 12.1. The topological polar surface area (TPSA) is 47.6 Å². The van der Waals surface area contributed by atoms with Crippen molar-refractivity contribution in [3.8, 4) is 5.75 Å². The number of carbonyl (C=O) groups excluding carboxylic acids is 1. The largest absolute Gasteiger partial charge is 0.496 e. The van der Waals surface area contributed by atoms with Crippen molar-refractivity contribution in [3.63, 3.8) is 0 Å². The molecule has 1 aliphatic heterocycles. The lowest BCUT2D eigenvalue weighted by molar-refractivity contribution is -0.148. The SMILES string of the molecule is COC(=O)C1(c2ccccc2OC)CCCN1. The zero-order valence-corrected chi connectivity index (χ0v) is 10.2. The van der Waals surface area contributed by atoms with Crippen LogP contribution in [0.5, 0.6) is 5.75 Å². The van der Waals surface area contributed by atoms with E-state index < -0.39 is 5.54 Å². The summed E-state index contributed by atoms with van der Waals surface area (Å²) in [6, 6.07) is 7.57. The molecule has 1 aromatic rings. The fourth-order valence-electron chi connectivity index (χ4n) is 2.43. The third kappa shape index (κ3) is 1.89. The lowest BCUT2D eigenvalue weighted by Crippen LogP contribution is -2.45. The van der Waals surface area contributed by atoms with Crippen LogP contribution in [0, 0.1) is 0 Å². The van der Waals surface area contributed by atoms with E-state index in [0.717, 1.165) is 24.9 Å². The van der Waals surface area contributed by atoms with Gasteiger partial charge in [0.25, 0.3) is 0 Å². The van der Waals surface area contributed by atoms with Crippen LogP contribution in [-0.2, 0) is 15.1 Å². The number of esters is 1. The molecule has 1 N–H and O–H groups in total. The summed E-state index contributed by atoms with van der Waals surface area (Å²) in [5.74, 6) is 0.465. The van der Waals surface area contributed by atoms with Crippen molar-refractivity contribution in [2.75, 3.05) is 20.8 Å². The minimum absolute atomic E-state index is 0.250. The second-order valence-electron chi connectivity index (χ2n) is 4.13. The monoisotopic (exact) mass is 235 g/mol. The highest BCUT2D eigenvalue weighted by Crippen LogP contribution is 2.37.